The van der Waals surface area contributed by atoms with E-state index in [-0.39, 0.29) is 0 Å². The predicted octanol–water partition coefficient (Wildman–Crippen LogP) is 8.19. The van der Waals surface area contributed by atoms with Crippen molar-refractivity contribution < 1.29 is 4.74 Å². The summed E-state index contributed by atoms with van der Waals surface area (Å²) in [5.41, 5.74) is 2.94. The number of hydrogen-bond acceptors (Lipinski definition) is 1. The monoisotopic (exact) mass is 356 g/mol. The van der Waals surface area contributed by atoms with E-state index in [0.29, 0.717) is 0 Å². The number of benzene rings is 1. The molecule has 1 unspecified atom stereocenters. The summed E-state index contributed by atoms with van der Waals surface area (Å²) >= 11 is 0. The average Bonchev–Trinajstić information content (AvgIpc) is 2.69. The molecule has 0 saturated carbocycles. The molecule has 1 aromatic carbocycles. The summed E-state index contributed by atoms with van der Waals surface area (Å²) in [6.07, 6.45) is 20.0. The van der Waals surface area contributed by atoms with Crippen molar-refractivity contribution in [2.45, 2.75) is 97.3 Å². The van der Waals surface area contributed by atoms with Crippen LogP contribution in [0.3, 0.4) is 0 Å². The molecule has 1 aliphatic carbocycles. The van der Waals surface area contributed by atoms with E-state index in [0.717, 1.165) is 24.7 Å². The van der Waals surface area contributed by atoms with Gasteiger partial charge in [0.15, 0.2) is 0 Å². The van der Waals surface area contributed by atoms with Crippen LogP contribution in [0.15, 0.2) is 30.3 Å². The molecule has 0 aliphatic heterocycles. The first-order chi connectivity index (χ1) is 12.8. The number of unbranched alkanes of at least 4 members (excludes halogenated alkanes) is 7. The fraction of sp³-hybridized carbons (Fsp3) is 0.680. The van der Waals surface area contributed by atoms with Crippen LogP contribution in [-0.2, 0) is 0 Å². The molecule has 2 rings (SSSR count). The van der Waals surface area contributed by atoms with E-state index in [2.05, 4.69) is 44.2 Å². The molecule has 26 heavy (non-hydrogen) atoms. The SMILES string of the molecule is CCCCCCCCC1CC=C(c2ccc(OCCCCC)cc2)CC1. The van der Waals surface area contributed by atoms with Gasteiger partial charge in [-0.05, 0) is 54.9 Å². The third kappa shape index (κ3) is 7.98. The van der Waals surface area contributed by atoms with Gasteiger partial charge >= 0.3 is 0 Å². The van der Waals surface area contributed by atoms with Crippen LogP contribution >= 0.6 is 0 Å². The van der Waals surface area contributed by atoms with Crippen molar-refractivity contribution in [3.8, 4) is 5.75 Å². The third-order valence-corrected chi connectivity index (χ3v) is 5.73. The smallest absolute Gasteiger partial charge is 0.119 e. The van der Waals surface area contributed by atoms with Crippen LogP contribution in [0.4, 0.5) is 0 Å². The number of hydrogen-bond donors (Lipinski definition) is 0. The van der Waals surface area contributed by atoms with Crippen LogP contribution in [0, 0.1) is 5.92 Å². The minimum Gasteiger partial charge on any atom is -0.494 e. The maximum atomic E-state index is 5.83. The molecule has 0 heterocycles. The molecule has 1 heteroatoms. The molecular formula is C25H40O. The molecule has 146 valence electrons. The third-order valence-electron chi connectivity index (χ3n) is 5.73. The van der Waals surface area contributed by atoms with Crippen LogP contribution in [0.2, 0.25) is 0 Å². The molecule has 0 fully saturated rings. The van der Waals surface area contributed by atoms with Crippen LogP contribution in [0.5, 0.6) is 5.75 Å². The van der Waals surface area contributed by atoms with Gasteiger partial charge in [-0.1, -0.05) is 89.8 Å². The first kappa shape index (κ1) is 21.1. The molecule has 1 atom stereocenters. The van der Waals surface area contributed by atoms with Crippen molar-refractivity contribution in [1.29, 1.82) is 0 Å². The summed E-state index contributed by atoms with van der Waals surface area (Å²) in [7, 11) is 0. The Morgan fingerprint density at radius 2 is 1.54 bits per heavy atom. The van der Waals surface area contributed by atoms with Gasteiger partial charge in [0, 0.05) is 0 Å². The topological polar surface area (TPSA) is 9.23 Å². The Hall–Kier alpha value is -1.24. The highest BCUT2D eigenvalue weighted by atomic mass is 16.5. The van der Waals surface area contributed by atoms with E-state index < -0.39 is 0 Å². The highest BCUT2D eigenvalue weighted by Gasteiger charge is 2.15. The number of rotatable bonds is 13. The minimum absolute atomic E-state index is 0.843. The lowest BCUT2D eigenvalue weighted by Crippen LogP contribution is -2.05. The van der Waals surface area contributed by atoms with Gasteiger partial charge < -0.3 is 4.74 Å². The second kappa shape index (κ2) is 13.0. The van der Waals surface area contributed by atoms with Crippen molar-refractivity contribution >= 4 is 5.57 Å². The standard InChI is InChI=1S/C25H40O/c1-3-5-7-8-9-10-12-22-13-15-23(16-14-22)24-17-19-25(20-18-24)26-21-11-6-4-2/h15,17-20,22H,3-14,16,21H2,1-2H3. The van der Waals surface area contributed by atoms with Crippen LogP contribution in [0.25, 0.3) is 5.57 Å². The first-order valence-electron chi connectivity index (χ1n) is 11.3. The zero-order valence-corrected chi connectivity index (χ0v) is 17.3. The summed E-state index contributed by atoms with van der Waals surface area (Å²) in [4.78, 5) is 0. The average molecular weight is 357 g/mol. The maximum absolute atomic E-state index is 5.83. The van der Waals surface area contributed by atoms with Crippen molar-refractivity contribution in [2.24, 2.45) is 5.92 Å². The number of allylic oxidation sites excluding steroid dienone is 2. The number of ether oxygens (including phenoxy) is 1. The zero-order valence-electron chi connectivity index (χ0n) is 17.3. The Balaban J connectivity index is 1.67. The Morgan fingerprint density at radius 3 is 2.23 bits per heavy atom. The fourth-order valence-corrected chi connectivity index (χ4v) is 3.93. The molecule has 1 nitrogen and oxygen atoms in total. The normalized spacial score (nSPS) is 17.2. The molecule has 0 aromatic heterocycles. The molecule has 0 saturated heterocycles. The van der Waals surface area contributed by atoms with Gasteiger partial charge in [0.1, 0.15) is 5.75 Å². The molecule has 0 spiro atoms. The van der Waals surface area contributed by atoms with Crippen molar-refractivity contribution in [3.63, 3.8) is 0 Å². The lowest BCUT2D eigenvalue weighted by atomic mass is 9.84. The van der Waals surface area contributed by atoms with Gasteiger partial charge in [-0.15, -0.1) is 0 Å². The molecule has 0 radical (unpaired) electrons. The zero-order chi connectivity index (χ0) is 18.5. The Bertz CT molecular complexity index is 499. The molecule has 0 bridgehead atoms. The van der Waals surface area contributed by atoms with Gasteiger partial charge in [-0.3, -0.25) is 0 Å². The van der Waals surface area contributed by atoms with Crippen molar-refractivity contribution in [2.75, 3.05) is 6.61 Å². The first-order valence-corrected chi connectivity index (χ1v) is 11.3. The highest BCUT2D eigenvalue weighted by molar-refractivity contribution is 5.66. The summed E-state index contributed by atoms with van der Waals surface area (Å²) in [5, 5.41) is 0. The van der Waals surface area contributed by atoms with Gasteiger partial charge in [-0.25, -0.2) is 0 Å². The van der Waals surface area contributed by atoms with E-state index in [1.165, 1.54) is 82.6 Å². The Morgan fingerprint density at radius 1 is 0.846 bits per heavy atom. The second-order valence-corrected chi connectivity index (χ2v) is 8.01. The Kier molecular flexibility index (Phi) is 10.5. The molecule has 1 aliphatic rings. The lowest BCUT2D eigenvalue weighted by molar-refractivity contribution is 0.306. The summed E-state index contributed by atoms with van der Waals surface area (Å²) < 4.78 is 5.83. The lowest BCUT2D eigenvalue weighted by Gasteiger charge is -2.22. The summed E-state index contributed by atoms with van der Waals surface area (Å²) in [6.45, 7) is 5.36. The predicted molar refractivity (Wildman–Crippen MR) is 115 cm³/mol. The molecule has 0 N–H and O–H groups in total. The van der Waals surface area contributed by atoms with E-state index in [1.54, 1.807) is 5.57 Å². The quantitative estimate of drug-likeness (QED) is 0.324. The van der Waals surface area contributed by atoms with Crippen LogP contribution in [-0.4, -0.2) is 6.61 Å². The second-order valence-electron chi connectivity index (χ2n) is 8.01. The van der Waals surface area contributed by atoms with Crippen molar-refractivity contribution in [3.05, 3.63) is 35.9 Å². The maximum Gasteiger partial charge on any atom is 0.119 e. The van der Waals surface area contributed by atoms with Gasteiger partial charge in [0.05, 0.1) is 6.61 Å². The minimum atomic E-state index is 0.843. The van der Waals surface area contributed by atoms with E-state index >= 15 is 0 Å². The largest absolute Gasteiger partial charge is 0.494 e. The van der Waals surface area contributed by atoms with Gasteiger partial charge in [0.25, 0.3) is 0 Å². The summed E-state index contributed by atoms with van der Waals surface area (Å²) in [6, 6.07) is 8.78. The fourth-order valence-electron chi connectivity index (χ4n) is 3.93. The molecule has 0 amide bonds. The summed E-state index contributed by atoms with van der Waals surface area (Å²) in [5.74, 6) is 1.94. The highest BCUT2D eigenvalue weighted by Crippen LogP contribution is 2.33. The Labute approximate surface area is 162 Å². The van der Waals surface area contributed by atoms with Gasteiger partial charge in [-0.2, -0.15) is 0 Å². The van der Waals surface area contributed by atoms with Crippen molar-refractivity contribution in [1.82, 2.24) is 0 Å². The van der Waals surface area contributed by atoms with Crippen LogP contribution < -0.4 is 4.74 Å². The van der Waals surface area contributed by atoms with Gasteiger partial charge in [0.2, 0.25) is 0 Å². The van der Waals surface area contributed by atoms with Crippen LogP contribution in [0.1, 0.15) is 103 Å². The molecule has 1 aromatic rings. The molecular weight excluding hydrogens is 316 g/mol. The van der Waals surface area contributed by atoms with E-state index in [4.69, 9.17) is 4.74 Å². The van der Waals surface area contributed by atoms with E-state index in [9.17, 15) is 0 Å². The van der Waals surface area contributed by atoms with E-state index in [1.807, 2.05) is 0 Å².